The summed E-state index contributed by atoms with van der Waals surface area (Å²) < 4.78 is 4.70. The lowest BCUT2D eigenvalue weighted by atomic mass is 10.1. The fourth-order valence-electron chi connectivity index (χ4n) is 2.30. The number of esters is 1. The van der Waals surface area contributed by atoms with E-state index in [2.05, 4.69) is 10.3 Å². The molecule has 2 N–H and O–H groups in total. The van der Waals surface area contributed by atoms with Crippen molar-refractivity contribution in [1.29, 1.82) is 0 Å². The van der Waals surface area contributed by atoms with Gasteiger partial charge in [-0.2, -0.15) is 0 Å². The zero-order valence-corrected chi connectivity index (χ0v) is 10.4. The quantitative estimate of drug-likeness (QED) is 0.791. The molecule has 0 spiro atoms. The number of aliphatic hydroxyl groups excluding tert-OH is 1. The van der Waals surface area contributed by atoms with Gasteiger partial charge in [-0.3, -0.25) is 0 Å². The van der Waals surface area contributed by atoms with E-state index in [1.54, 1.807) is 18.3 Å². The highest BCUT2D eigenvalue weighted by Gasteiger charge is 2.25. The van der Waals surface area contributed by atoms with E-state index in [0.717, 1.165) is 19.3 Å². The third-order valence-corrected chi connectivity index (χ3v) is 3.36. The predicted octanol–water partition coefficient (Wildman–Crippen LogP) is 1.44. The molecule has 18 heavy (non-hydrogen) atoms. The highest BCUT2D eigenvalue weighted by Crippen LogP contribution is 2.26. The number of anilines is 1. The minimum atomic E-state index is -0.405. The molecule has 0 saturated heterocycles. The summed E-state index contributed by atoms with van der Waals surface area (Å²) >= 11 is 0. The zero-order valence-electron chi connectivity index (χ0n) is 10.4. The molecule has 2 atom stereocenters. The number of aromatic nitrogens is 1. The third kappa shape index (κ3) is 2.79. The zero-order chi connectivity index (χ0) is 13.0. The molecule has 5 heteroatoms. The summed E-state index contributed by atoms with van der Waals surface area (Å²) in [6.07, 6.45) is 4.30. The monoisotopic (exact) mass is 250 g/mol. The Bertz CT molecular complexity index is 422. The molecule has 5 nitrogen and oxygen atoms in total. The summed E-state index contributed by atoms with van der Waals surface area (Å²) in [4.78, 5) is 15.7. The lowest BCUT2D eigenvalue weighted by molar-refractivity contribution is 0.0601. The second kappa shape index (κ2) is 5.82. The molecule has 0 radical (unpaired) electrons. The summed E-state index contributed by atoms with van der Waals surface area (Å²) in [5.41, 5.74) is 0.424. The van der Waals surface area contributed by atoms with Gasteiger partial charge in [0.1, 0.15) is 11.4 Å². The van der Waals surface area contributed by atoms with Gasteiger partial charge in [-0.25, -0.2) is 9.78 Å². The number of nitrogens with zero attached hydrogens (tertiary/aromatic N) is 1. The fraction of sp³-hybridized carbons (Fsp3) is 0.538. The molecule has 98 valence electrons. The SMILES string of the molecule is COC(=O)c1cccnc1NCC1CCCC1O. The van der Waals surface area contributed by atoms with Crippen molar-refractivity contribution in [2.24, 2.45) is 5.92 Å². The Kier molecular flexibility index (Phi) is 4.15. The van der Waals surface area contributed by atoms with Crippen LogP contribution >= 0.6 is 0 Å². The minimum absolute atomic E-state index is 0.234. The maximum atomic E-state index is 11.5. The fourth-order valence-corrected chi connectivity index (χ4v) is 2.30. The molecule has 1 heterocycles. The van der Waals surface area contributed by atoms with Crippen molar-refractivity contribution in [1.82, 2.24) is 4.98 Å². The first kappa shape index (κ1) is 12.8. The number of ether oxygens (including phenoxy) is 1. The highest BCUT2D eigenvalue weighted by atomic mass is 16.5. The van der Waals surface area contributed by atoms with Crippen LogP contribution in [0.2, 0.25) is 0 Å². The van der Waals surface area contributed by atoms with Crippen LogP contribution in [-0.2, 0) is 4.74 Å². The number of methoxy groups -OCH3 is 1. The smallest absolute Gasteiger partial charge is 0.341 e. The van der Waals surface area contributed by atoms with Gasteiger partial charge in [0, 0.05) is 18.7 Å². The summed E-state index contributed by atoms with van der Waals surface area (Å²) in [5, 5.41) is 12.9. The summed E-state index contributed by atoms with van der Waals surface area (Å²) in [7, 11) is 1.35. The Balaban J connectivity index is 2.02. The third-order valence-electron chi connectivity index (χ3n) is 3.36. The maximum Gasteiger partial charge on any atom is 0.341 e. The second-order valence-electron chi connectivity index (χ2n) is 4.53. The first-order valence-corrected chi connectivity index (χ1v) is 6.17. The van der Waals surface area contributed by atoms with Gasteiger partial charge >= 0.3 is 5.97 Å². The van der Waals surface area contributed by atoms with Crippen molar-refractivity contribution in [2.45, 2.75) is 25.4 Å². The van der Waals surface area contributed by atoms with Gasteiger partial charge < -0.3 is 15.2 Å². The lowest BCUT2D eigenvalue weighted by Crippen LogP contribution is -2.23. The first-order valence-electron chi connectivity index (χ1n) is 6.17. The van der Waals surface area contributed by atoms with Crippen LogP contribution in [0.3, 0.4) is 0 Å². The molecular formula is C13H18N2O3. The minimum Gasteiger partial charge on any atom is -0.465 e. The number of carbonyl (C=O) groups excluding carboxylic acids is 1. The van der Waals surface area contributed by atoms with Crippen molar-refractivity contribution in [3.8, 4) is 0 Å². The normalized spacial score (nSPS) is 22.8. The number of aliphatic hydroxyl groups is 1. The molecule has 2 unspecified atom stereocenters. The van der Waals surface area contributed by atoms with Crippen molar-refractivity contribution < 1.29 is 14.6 Å². The molecule has 1 aromatic heterocycles. The number of carbonyl (C=O) groups is 1. The van der Waals surface area contributed by atoms with Crippen LogP contribution in [0, 0.1) is 5.92 Å². The summed E-state index contributed by atoms with van der Waals surface area (Å²) in [6, 6.07) is 3.37. The van der Waals surface area contributed by atoms with Crippen molar-refractivity contribution in [3.05, 3.63) is 23.9 Å². The van der Waals surface area contributed by atoms with E-state index >= 15 is 0 Å². The van der Waals surface area contributed by atoms with Gasteiger partial charge in [-0.15, -0.1) is 0 Å². The van der Waals surface area contributed by atoms with Gasteiger partial charge in [0.15, 0.2) is 0 Å². The Morgan fingerprint density at radius 2 is 2.44 bits per heavy atom. The maximum absolute atomic E-state index is 11.5. The average molecular weight is 250 g/mol. The van der Waals surface area contributed by atoms with Gasteiger partial charge in [0.2, 0.25) is 0 Å². The molecule has 1 saturated carbocycles. The standard InChI is InChI=1S/C13H18N2O3/c1-18-13(17)10-5-3-7-14-12(10)15-8-9-4-2-6-11(9)16/h3,5,7,9,11,16H,2,4,6,8H2,1H3,(H,14,15). The Morgan fingerprint density at radius 3 is 3.11 bits per heavy atom. The van der Waals surface area contributed by atoms with Crippen LogP contribution in [-0.4, -0.2) is 35.8 Å². The van der Waals surface area contributed by atoms with Crippen LogP contribution in [0.1, 0.15) is 29.6 Å². The predicted molar refractivity (Wildman–Crippen MR) is 67.4 cm³/mol. The van der Waals surface area contributed by atoms with Crippen LogP contribution in [0.25, 0.3) is 0 Å². The van der Waals surface area contributed by atoms with Crippen molar-refractivity contribution in [3.63, 3.8) is 0 Å². The van der Waals surface area contributed by atoms with Gasteiger partial charge in [0.05, 0.1) is 13.2 Å². The van der Waals surface area contributed by atoms with E-state index in [1.807, 2.05) is 0 Å². The Hall–Kier alpha value is -1.62. The average Bonchev–Trinajstić information content (AvgIpc) is 2.81. The number of rotatable bonds is 4. The van der Waals surface area contributed by atoms with E-state index in [0.29, 0.717) is 17.9 Å². The molecule has 1 fully saturated rings. The second-order valence-corrected chi connectivity index (χ2v) is 4.53. The van der Waals surface area contributed by atoms with Gasteiger partial charge in [-0.05, 0) is 25.0 Å². The number of pyridine rings is 1. The highest BCUT2D eigenvalue weighted by molar-refractivity contribution is 5.94. The molecule has 0 bridgehead atoms. The molecular weight excluding hydrogens is 232 g/mol. The Labute approximate surface area is 106 Å². The molecule has 1 aliphatic carbocycles. The van der Waals surface area contributed by atoms with Crippen LogP contribution in [0.4, 0.5) is 5.82 Å². The van der Waals surface area contributed by atoms with E-state index in [1.165, 1.54) is 7.11 Å². The van der Waals surface area contributed by atoms with E-state index in [9.17, 15) is 9.90 Å². The van der Waals surface area contributed by atoms with E-state index < -0.39 is 5.97 Å². The van der Waals surface area contributed by atoms with Gasteiger partial charge in [-0.1, -0.05) is 6.42 Å². The Morgan fingerprint density at radius 1 is 1.61 bits per heavy atom. The molecule has 1 aromatic rings. The summed E-state index contributed by atoms with van der Waals surface area (Å²) in [5.74, 6) is 0.346. The summed E-state index contributed by atoms with van der Waals surface area (Å²) in [6.45, 7) is 0.627. The number of hydrogen-bond acceptors (Lipinski definition) is 5. The van der Waals surface area contributed by atoms with Crippen molar-refractivity contribution in [2.75, 3.05) is 19.0 Å². The number of hydrogen-bond donors (Lipinski definition) is 2. The van der Waals surface area contributed by atoms with Crippen molar-refractivity contribution >= 4 is 11.8 Å². The molecule has 1 aliphatic rings. The lowest BCUT2D eigenvalue weighted by Gasteiger charge is -2.16. The number of nitrogens with one attached hydrogen (secondary N) is 1. The topological polar surface area (TPSA) is 71.5 Å². The van der Waals surface area contributed by atoms with E-state index in [4.69, 9.17) is 4.74 Å². The molecule has 0 aliphatic heterocycles. The van der Waals surface area contributed by atoms with Crippen LogP contribution in [0.5, 0.6) is 0 Å². The van der Waals surface area contributed by atoms with Crippen LogP contribution in [0.15, 0.2) is 18.3 Å². The van der Waals surface area contributed by atoms with E-state index in [-0.39, 0.29) is 12.0 Å². The molecule has 2 rings (SSSR count). The molecule has 0 aromatic carbocycles. The first-order chi connectivity index (χ1) is 8.72. The molecule has 0 amide bonds. The van der Waals surface area contributed by atoms with Gasteiger partial charge in [0.25, 0.3) is 0 Å². The van der Waals surface area contributed by atoms with Crippen LogP contribution < -0.4 is 5.32 Å². The largest absolute Gasteiger partial charge is 0.465 e.